The minimum absolute atomic E-state index is 0.419. The quantitative estimate of drug-likeness (QED) is 0.217. The standard InChI is InChI=1S/C33H38N3S/c1-20(2)24-14-11-15-25(21(3)4)30(24)36-28-17-10-9-16-27(28)35(6)33(36)29-22(5)18-19-26-31(29)37-32(34-26)23-12-7-8-13-23/h9-11,14-21,23H,7-8,12-13H2,1-6H3/q+1. The Morgan fingerprint density at radius 2 is 1.57 bits per heavy atom. The van der Waals surface area contributed by atoms with Crippen molar-refractivity contribution < 1.29 is 4.57 Å². The summed E-state index contributed by atoms with van der Waals surface area (Å²) in [6.45, 7) is 11.5. The lowest BCUT2D eigenvalue weighted by atomic mass is 9.92. The summed E-state index contributed by atoms with van der Waals surface area (Å²) in [4.78, 5) is 5.20. The van der Waals surface area contributed by atoms with Gasteiger partial charge in [0.05, 0.1) is 27.8 Å². The van der Waals surface area contributed by atoms with Crippen LogP contribution in [-0.2, 0) is 7.05 Å². The summed E-state index contributed by atoms with van der Waals surface area (Å²) in [7, 11) is 2.23. The van der Waals surface area contributed by atoms with Crippen LogP contribution in [0.5, 0.6) is 0 Å². The van der Waals surface area contributed by atoms with E-state index in [4.69, 9.17) is 4.98 Å². The highest BCUT2D eigenvalue weighted by Gasteiger charge is 2.33. The Morgan fingerprint density at radius 1 is 0.892 bits per heavy atom. The second-order valence-corrected chi connectivity index (χ2v) is 12.5. The maximum Gasteiger partial charge on any atom is 0.296 e. The van der Waals surface area contributed by atoms with E-state index in [0.29, 0.717) is 17.8 Å². The molecule has 0 unspecified atom stereocenters. The maximum absolute atomic E-state index is 5.20. The Bertz CT molecular complexity index is 1590. The molecule has 0 atom stereocenters. The molecule has 5 aromatic rings. The van der Waals surface area contributed by atoms with E-state index in [1.165, 1.54) is 80.2 Å². The van der Waals surface area contributed by atoms with Crippen molar-refractivity contribution in [3.05, 3.63) is 76.3 Å². The molecule has 190 valence electrons. The van der Waals surface area contributed by atoms with E-state index in [9.17, 15) is 0 Å². The van der Waals surface area contributed by atoms with Crippen molar-refractivity contribution in [2.45, 2.75) is 78.1 Å². The number of hydrogen-bond acceptors (Lipinski definition) is 2. The third-order valence-electron chi connectivity index (χ3n) is 8.29. The van der Waals surface area contributed by atoms with Crippen LogP contribution in [0.25, 0.3) is 38.3 Å². The molecule has 0 spiro atoms. The fourth-order valence-electron chi connectivity index (χ4n) is 6.32. The van der Waals surface area contributed by atoms with Gasteiger partial charge in [-0.2, -0.15) is 4.57 Å². The Kier molecular flexibility index (Phi) is 6.19. The van der Waals surface area contributed by atoms with Gasteiger partial charge < -0.3 is 0 Å². The molecule has 3 aromatic carbocycles. The van der Waals surface area contributed by atoms with Crippen molar-refractivity contribution in [2.24, 2.45) is 7.05 Å². The van der Waals surface area contributed by atoms with Gasteiger partial charge in [0.25, 0.3) is 5.82 Å². The Labute approximate surface area is 224 Å². The summed E-state index contributed by atoms with van der Waals surface area (Å²) in [5.41, 5.74) is 10.4. The highest BCUT2D eigenvalue weighted by Crippen LogP contribution is 2.43. The molecule has 0 radical (unpaired) electrons. The first-order valence-electron chi connectivity index (χ1n) is 13.9. The molecule has 0 bridgehead atoms. The predicted octanol–water partition coefficient (Wildman–Crippen LogP) is 8.94. The number of benzene rings is 3. The molecule has 4 heteroatoms. The summed E-state index contributed by atoms with van der Waals surface area (Å²) in [6, 6.07) is 20.3. The van der Waals surface area contributed by atoms with Crippen LogP contribution in [0.4, 0.5) is 0 Å². The van der Waals surface area contributed by atoms with Crippen LogP contribution in [0.3, 0.4) is 0 Å². The fourth-order valence-corrected chi connectivity index (χ4v) is 7.65. The molecule has 0 saturated heterocycles. The van der Waals surface area contributed by atoms with E-state index in [-0.39, 0.29) is 0 Å². The van der Waals surface area contributed by atoms with Crippen molar-refractivity contribution in [2.75, 3.05) is 0 Å². The summed E-state index contributed by atoms with van der Waals surface area (Å²) < 4.78 is 6.30. The monoisotopic (exact) mass is 508 g/mol. The second-order valence-electron chi connectivity index (χ2n) is 11.4. The van der Waals surface area contributed by atoms with Crippen LogP contribution >= 0.6 is 11.3 Å². The summed E-state index contributed by atoms with van der Waals surface area (Å²) in [5, 5.41) is 1.33. The summed E-state index contributed by atoms with van der Waals surface area (Å²) in [6.07, 6.45) is 5.22. The molecule has 0 amide bonds. The number of rotatable bonds is 5. The average Bonchev–Trinajstić information content (AvgIpc) is 3.62. The van der Waals surface area contributed by atoms with Crippen molar-refractivity contribution in [1.29, 1.82) is 0 Å². The number of para-hydroxylation sites is 3. The van der Waals surface area contributed by atoms with E-state index < -0.39 is 0 Å². The third kappa shape index (κ3) is 3.92. The lowest BCUT2D eigenvalue weighted by molar-refractivity contribution is -0.633. The van der Waals surface area contributed by atoms with Gasteiger partial charge in [0.2, 0.25) is 0 Å². The lowest BCUT2D eigenvalue weighted by Crippen LogP contribution is -2.30. The smallest absolute Gasteiger partial charge is 0.241 e. The minimum Gasteiger partial charge on any atom is -0.241 e. The van der Waals surface area contributed by atoms with Crippen molar-refractivity contribution in [1.82, 2.24) is 9.55 Å². The van der Waals surface area contributed by atoms with E-state index >= 15 is 0 Å². The zero-order chi connectivity index (χ0) is 25.8. The number of nitrogens with zero attached hydrogens (tertiary/aromatic N) is 3. The first-order chi connectivity index (χ1) is 17.9. The van der Waals surface area contributed by atoms with Crippen molar-refractivity contribution >= 4 is 32.6 Å². The Hall–Kier alpha value is -2.98. The summed E-state index contributed by atoms with van der Waals surface area (Å²) >= 11 is 1.94. The SMILES string of the molecule is Cc1ccc2nc(C3CCCC3)sc2c1-c1n(-c2c(C(C)C)cccc2C(C)C)c2ccccc2[n+]1C. The van der Waals surface area contributed by atoms with E-state index in [2.05, 4.69) is 105 Å². The van der Waals surface area contributed by atoms with Gasteiger partial charge in [0.15, 0.2) is 11.0 Å². The molecular weight excluding hydrogens is 470 g/mol. The highest BCUT2D eigenvalue weighted by molar-refractivity contribution is 7.19. The zero-order valence-electron chi connectivity index (χ0n) is 23.0. The van der Waals surface area contributed by atoms with E-state index in [1.54, 1.807) is 0 Å². The van der Waals surface area contributed by atoms with Crippen LogP contribution in [0, 0.1) is 6.92 Å². The minimum atomic E-state index is 0.419. The first-order valence-corrected chi connectivity index (χ1v) is 14.7. The topological polar surface area (TPSA) is 21.7 Å². The molecule has 2 heterocycles. The van der Waals surface area contributed by atoms with Crippen LogP contribution in [0.1, 0.15) is 92.8 Å². The van der Waals surface area contributed by atoms with E-state index in [1.807, 2.05) is 11.3 Å². The van der Waals surface area contributed by atoms with Gasteiger partial charge >= 0.3 is 0 Å². The normalized spacial score (nSPS) is 14.7. The fraction of sp³-hybridized carbons (Fsp3) is 0.394. The number of aryl methyl sites for hydroxylation is 2. The number of imidazole rings is 1. The second kappa shape index (κ2) is 9.40. The molecule has 0 N–H and O–H groups in total. The van der Waals surface area contributed by atoms with Crippen LogP contribution in [0.2, 0.25) is 0 Å². The molecule has 1 fully saturated rings. The molecular formula is C33H38N3S+. The van der Waals surface area contributed by atoms with Crippen molar-refractivity contribution in [3.63, 3.8) is 0 Å². The average molecular weight is 509 g/mol. The molecule has 37 heavy (non-hydrogen) atoms. The van der Waals surface area contributed by atoms with Gasteiger partial charge in [-0.25, -0.2) is 9.55 Å². The number of thiazole rings is 1. The first kappa shape index (κ1) is 24.4. The Morgan fingerprint density at radius 3 is 2.24 bits per heavy atom. The Balaban J connectivity index is 1.74. The highest BCUT2D eigenvalue weighted by atomic mass is 32.1. The molecule has 1 aliphatic rings. The zero-order valence-corrected chi connectivity index (χ0v) is 23.8. The van der Waals surface area contributed by atoms with Gasteiger partial charge in [-0.3, -0.25) is 0 Å². The molecule has 1 aliphatic carbocycles. The van der Waals surface area contributed by atoms with Gasteiger partial charge in [-0.15, -0.1) is 11.3 Å². The largest absolute Gasteiger partial charge is 0.296 e. The van der Waals surface area contributed by atoms with Crippen LogP contribution in [-0.4, -0.2) is 9.55 Å². The molecule has 2 aromatic heterocycles. The third-order valence-corrected chi connectivity index (χ3v) is 9.54. The van der Waals surface area contributed by atoms with Gasteiger partial charge in [0, 0.05) is 17.0 Å². The molecule has 3 nitrogen and oxygen atoms in total. The van der Waals surface area contributed by atoms with Crippen molar-refractivity contribution in [3.8, 4) is 17.1 Å². The lowest BCUT2D eigenvalue weighted by Gasteiger charge is -2.18. The predicted molar refractivity (Wildman–Crippen MR) is 157 cm³/mol. The van der Waals surface area contributed by atoms with Crippen LogP contribution in [0.15, 0.2) is 54.6 Å². The van der Waals surface area contributed by atoms with Gasteiger partial charge in [-0.05, 0) is 55.4 Å². The molecule has 1 saturated carbocycles. The van der Waals surface area contributed by atoms with Crippen LogP contribution < -0.4 is 4.57 Å². The maximum atomic E-state index is 5.20. The number of hydrogen-bond donors (Lipinski definition) is 0. The molecule has 0 aliphatic heterocycles. The van der Waals surface area contributed by atoms with E-state index in [0.717, 1.165) is 5.52 Å². The number of aromatic nitrogens is 3. The molecule has 6 rings (SSSR count). The van der Waals surface area contributed by atoms with Gasteiger partial charge in [-0.1, -0.05) is 76.9 Å². The van der Waals surface area contributed by atoms with Gasteiger partial charge in [0.1, 0.15) is 5.69 Å². The number of fused-ring (bicyclic) bond motifs is 2. The summed E-state index contributed by atoms with van der Waals surface area (Å²) in [5.74, 6) is 2.71.